The number of hydrogen-bond acceptors (Lipinski definition) is 4. The number of nitrogens with one attached hydrogen (secondary N) is 1. The zero-order valence-corrected chi connectivity index (χ0v) is 15.3. The van der Waals surface area contributed by atoms with Gasteiger partial charge in [-0.15, -0.1) is 0 Å². The Morgan fingerprint density at radius 3 is 2.33 bits per heavy atom. The monoisotopic (exact) mass is 363 g/mol. The van der Waals surface area contributed by atoms with Crippen LogP contribution in [0.5, 0.6) is 5.75 Å². The second-order valence-electron chi connectivity index (χ2n) is 6.18. The average Bonchev–Trinajstić information content (AvgIpc) is 2.70. The van der Waals surface area contributed by atoms with Crippen LogP contribution in [0.15, 0.2) is 60.7 Å². The third-order valence-corrected chi connectivity index (χ3v) is 4.36. The molecule has 0 atom stereocenters. The van der Waals surface area contributed by atoms with Gasteiger partial charge in [-0.2, -0.15) is 0 Å². The minimum absolute atomic E-state index is 0.294. The average molecular weight is 363 g/mol. The highest BCUT2D eigenvalue weighted by molar-refractivity contribution is 5.99. The van der Waals surface area contributed by atoms with Gasteiger partial charge in [0.15, 0.2) is 6.61 Å². The molecule has 0 heterocycles. The normalized spacial score (nSPS) is 10.4. The van der Waals surface area contributed by atoms with Gasteiger partial charge in [-0.1, -0.05) is 48.5 Å². The van der Waals surface area contributed by atoms with Gasteiger partial charge in [0, 0.05) is 6.54 Å². The van der Waals surface area contributed by atoms with Gasteiger partial charge in [0.2, 0.25) is 0 Å². The Kier molecular flexibility index (Phi) is 5.71. The Bertz CT molecular complexity index is 981. The molecule has 27 heavy (non-hydrogen) atoms. The highest BCUT2D eigenvalue weighted by Crippen LogP contribution is 2.26. The molecule has 0 aliphatic heterocycles. The van der Waals surface area contributed by atoms with E-state index in [2.05, 4.69) is 5.32 Å². The predicted molar refractivity (Wildman–Crippen MR) is 104 cm³/mol. The van der Waals surface area contributed by atoms with Crippen LogP contribution in [0.2, 0.25) is 0 Å². The molecule has 0 aliphatic rings. The quantitative estimate of drug-likeness (QED) is 0.679. The van der Waals surface area contributed by atoms with Crippen LogP contribution in [0.25, 0.3) is 10.8 Å². The minimum atomic E-state index is -0.594. The molecular formula is C22H21NO4. The summed E-state index contributed by atoms with van der Waals surface area (Å²) in [5, 5.41) is 4.61. The number of rotatable bonds is 6. The summed E-state index contributed by atoms with van der Waals surface area (Å²) in [5.41, 5.74) is 2.41. The summed E-state index contributed by atoms with van der Waals surface area (Å²) in [6.45, 7) is 2.02. The Balaban J connectivity index is 1.62. The maximum absolute atomic E-state index is 12.4. The molecule has 5 heteroatoms. The van der Waals surface area contributed by atoms with Gasteiger partial charge in [0.05, 0.1) is 7.11 Å². The third-order valence-electron chi connectivity index (χ3n) is 4.36. The Morgan fingerprint density at radius 2 is 1.63 bits per heavy atom. The number of carbonyl (C=O) groups is 2. The van der Waals surface area contributed by atoms with Crippen LogP contribution >= 0.6 is 0 Å². The zero-order chi connectivity index (χ0) is 19.2. The lowest BCUT2D eigenvalue weighted by Gasteiger charge is -2.11. The van der Waals surface area contributed by atoms with Crippen LogP contribution in [-0.4, -0.2) is 25.6 Å². The molecule has 0 fully saturated rings. The van der Waals surface area contributed by atoms with E-state index in [4.69, 9.17) is 9.47 Å². The Labute approximate surface area is 157 Å². The third kappa shape index (κ3) is 4.44. The molecule has 1 amide bonds. The number of methoxy groups -OCH3 is 1. The summed E-state index contributed by atoms with van der Waals surface area (Å²) >= 11 is 0. The number of aryl methyl sites for hydroxylation is 1. The van der Waals surface area contributed by atoms with Gasteiger partial charge in [-0.05, 0) is 41.0 Å². The molecular weight excluding hydrogens is 342 g/mol. The topological polar surface area (TPSA) is 64.6 Å². The highest BCUT2D eigenvalue weighted by Gasteiger charge is 2.16. The molecule has 138 valence electrons. The van der Waals surface area contributed by atoms with Crippen molar-refractivity contribution in [2.45, 2.75) is 13.5 Å². The van der Waals surface area contributed by atoms with Crippen molar-refractivity contribution in [2.75, 3.05) is 13.7 Å². The Hall–Kier alpha value is -3.34. The van der Waals surface area contributed by atoms with Crippen LogP contribution < -0.4 is 10.1 Å². The van der Waals surface area contributed by atoms with E-state index in [1.807, 2.05) is 55.5 Å². The maximum Gasteiger partial charge on any atom is 0.342 e. The molecule has 0 aliphatic carbocycles. The van der Waals surface area contributed by atoms with Gasteiger partial charge >= 0.3 is 5.97 Å². The van der Waals surface area contributed by atoms with Crippen molar-refractivity contribution >= 4 is 22.6 Å². The number of esters is 1. The van der Waals surface area contributed by atoms with Crippen LogP contribution in [-0.2, 0) is 16.1 Å². The lowest BCUT2D eigenvalue weighted by molar-refractivity contribution is -0.124. The second-order valence-corrected chi connectivity index (χ2v) is 6.18. The summed E-state index contributed by atoms with van der Waals surface area (Å²) in [5.74, 6) is -0.533. The van der Waals surface area contributed by atoms with E-state index in [9.17, 15) is 9.59 Å². The summed E-state index contributed by atoms with van der Waals surface area (Å²) in [4.78, 5) is 24.4. The first-order valence-electron chi connectivity index (χ1n) is 8.63. The molecule has 3 rings (SSSR count). The van der Waals surface area contributed by atoms with E-state index in [0.717, 1.165) is 21.9 Å². The van der Waals surface area contributed by atoms with Gasteiger partial charge in [0.25, 0.3) is 5.91 Å². The van der Waals surface area contributed by atoms with Crippen molar-refractivity contribution in [3.63, 3.8) is 0 Å². The number of hydrogen-bond donors (Lipinski definition) is 1. The Morgan fingerprint density at radius 1 is 0.963 bits per heavy atom. The van der Waals surface area contributed by atoms with Crippen molar-refractivity contribution in [1.29, 1.82) is 0 Å². The van der Waals surface area contributed by atoms with Crippen molar-refractivity contribution < 1.29 is 19.1 Å². The molecule has 3 aromatic carbocycles. The van der Waals surface area contributed by atoms with Crippen LogP contribution in [0.1, 0.15) is 21.5 Å². The van der Waals surface area contributed by atoms with Crippen molar-refractivity contribution in [3.05, 3.63) is 77.4 Å². The molecule has 1 N–H and O–H groups in total. The molecule has 0 unspecified atom stereocenters. The number of benzene rings is 3. The lowest BCUT2D eigenvalue weighted by atomic mass is 10.1. The smallest absolute Gasteiger partial charge is 0.342 e. The predicted octanol–water partition coefficient (Wildman–Crippen LogP) is 3.63. The van der Waals surface area contributed by atoms with E-state index in [1.54, 1.807) is 12.1 Å². The van der Waals surface area contributed by atoms with E-state index in [-0.39, 0.29) is 12.5 Å². The summed E-state index contributed by atoms with van der Waals surface area (Å²) in [6.07, 6.45) is 0. The van der Waals surface area contributed by atoms with Crippen LogP contribution in [0.4, 0.5) is 0 Å². The zero-order valence-electron chi connectivity index (χ0n) is 15.3. The maximum atomic E-state index is 12.4. The highest BCUT2D eigenvalue weighted by atomic mass is 16.5. The lowest BCUT2D eigenvalue weighted by Crippen LogP contribution is -2.28. The summed E-state index contributed by atoms with van der Waals surface area (Å²) in [7, 11) is 1.50. The van der Waals surface area contributed by atoms with E-state index in [0.29, 0.717) is 17.9 Å². The SMILES string of the molecule is COc1cc2ccccc2cc1C(=O)OCC(=O)NCc1ccccc1C. The van der Waals surface area contributed by atoms with Gasteiger partial charge in [0.1, 0.15) is 11.3 Å². The second kappa shape index (κ2) is 8.36. The molecule has 0 aromatic heterocycles. The minimum Gasteiger partial charge on any atom is -0.496 e. The molecule has 0 saturated heterocycles. The molecule has 0 bridgehead atoms. The van der Waals surface area contributed by atoms with Crippen LogP contribution in [0, 0.1) is 6.92 Å². The number of fused-ring (bicyclic) bond motifs is 1. The first-order valence-corrected chi connectivity index (χ1v) is 8.63. The largest absolute Gasteiger partial charge is 0.496 e. The fourth-order valence-electron chi connectivity index (χ4n) is 2.81. The first-order chi connectivity index (χ1) is 13.1. The van der Waals surface area contributed by atoms with E-state index < -0.39 is 5.97 Å². The molecule has 5 nitrogen and oxygen atoms in total. The standard InChI is InChI=1S/C22H21NO4/c1-15-7-3-4-10-18(15)13-23-21(24)14-27-22(25)19-11-16-8-5-6-9-17(16)12-20(19)26-2/h3-12H,13-14H2,1-2H3,(H,23,24). The van der Waals surface area contributed by atoms with Crippen molar-refractivity contribution in [3.8, 4) is 5.75 Å². The fraction of sp³-hybridized carbons (Fsp3) is 0.182. The summed E-state index contributed by atoms with van der Waals surface area (Å²) in [6, 6.07) is 18.9. The van der Waals surface area contributed by atoms with Crippen molar-refractivity contribution in [1.82, 2.24) is 5.32 Å². The van der Waals surface area contributed by atoms with E-state index >= 15 is 0 Å². The molecule has 0 radical (unpaired) electrons. The molecule has 0 spiro atoms. The number of amides is 1. The molecule has 0 saturated carbocycles. The van der Waals surface area contributed by atoms with Crippen molar-refractivity contribution in [2.24, 2.45) is 0 Å². The fourth-order valence-corrected chi connectivity index (χ4v) is 2.81. The van der Waals surface area contributed by atoms with Gasteiger partial charge in [-0.25, -0.2) is 4.79 Å². The number of carbonyl (C=O) groups excluding carboxylic acids is 2. The first kappa shape index (κ1) is 18.5. The van der Waals surface area contributed by atoms with E-state index in [1.165, 1.54) is 7.11 Å². The number of ether oxygens (including phenoxy) is 2. The molecule has 3 aromatic rings. The summed E-state index contributed by atoms with van der Waals surface area (Å²) < 4.78 is 10.5. The van der Waals surface area contributed by atoms with Gasteiger partial charge in [-0.3, -0.25) is 4.79 Å². The van der Waals surface area contributed by atoms with Crippen LogP contribution in [0.3, 0.4) is 0 Å². The van der Waals surface area contributed by atoms with Gasteiger partial charge < -0.3 is 14.8 Å².